The molecule has 0 aliphatic carbocycles. The molecule has 1 aliphatic heterocycles. The largest absolute Gasteiger partial charge is 0.494 e. The molecule has 1 unspecified atom stereocenters. The Hall–Kier alpha value is -3.90. The number of hydrogen-bond donors (Lipinski definition) is 3. The molecule has 0 spiro atoms. The van der Waals surface area contributed by atoms with Crippen molar-refractivity contribution in [2.75, 3.05) is 13.2 Å². The maximum absolute atomic E-state index is 13.0. The van der Waals surface area contributed by atoms with Crippen LogP contribution in [0.4, 0.5) is 0 Å². The first kappa shape index (κ1) is 22.9. The quantitative estimate of drug-likeness (QED) is 0.379. The van der Waals surface area contributed by atoms with E-state index in [0.717, 1.165) is 24.9 Å². The molecule has 1 aromatic heterocycles. The Labute approximate surface area is 204 Å². The zero-order valence-electron chi connectivity index (χ0n) is 19.8. The first-order valence-electron chi connectivity index (χ1n) is 12.1. The van der Waals surface area contributed by atoms with Crippen LogP contribution in [-0.2, 0) is 19.4 Å². The highest BCUT2D eigenvalue weighted by atomic mass is 16.5. The van der Waals surface area contributed by atoms with Gasteiger partial charge < -0.3 is 20.4 Å². The first-order valence-corrected chi connectivity index (χ1v) is 12.1. The Morgan fingerprint density at radius 2 is 1.91 bits per heavy atom. The predicted molar refractivity (Wildman–Crippen MR) is 138 cm³/mol. The van der Waals surface area contributed by atoms with Gasteiger partial charge in [-0.05, 0) is 66.8 Å². The van der Waals surface area contributed by atoms with Crippen molar-refractivity contribution < 1.29 is 9.53 Å². The molecule has 35 heavy (non-hydrogen) atoms. The fourth-order valence-electron chi connectivity index (χ4n) is 4.78. The Kier molecular flexibility index (Phi) is 6.64. The summed E-state index contributed by atoms with van der Waals surface area (Å²) in [5.74, 6) is 0.207. The van der Waals surface area contributed by atoms with E-state index in [-0.39, 0.29) is 17.0 Å². The van der Waals surface area contributed by atoms with E-state index in [0.29, 0.717) is 29.8 Å². The lowest BCUT2D eigenvalue weighted by Gasteiger charge is -2.27. The second kappa shape index (κ2) is 10.2. The molecular weight excluding hydrogens is 438 g/mol. The number of H-pyrrole nitrogens is 1. The summed E-state index contributed by atoms with van der Waals surface area (Å²) in [5, 5.41) is 6.97. The van der Waals surface area contributed by atoms with Crippen molar-refractivity contribution in [3.05, 3.63) is 111 Å². The summed E-state index contributed by atoms with van der Waals surface area (Å²) in [6, 6.07) is 22.4. The number of carbonyl (C=O) groups is 1. The number of aromatic nitrogens is 1. The molecule has 4 aromatic rings. The zero-order valence-corrected chi connectivity index (χ0v) is 19.8. The van der Waals surface area contributed by atoms with E-state index < -0.39 is 5.91 Å². The van der Waals surface area contributed by atoms with Crippen molar-refractivity contribution in [2.24, 2.45) is 0 Å². The Morgan fingerprint density at radius 3 is 2.80 bits per heavy atom. The Balaban J connectivity index is 1.29. The minimum Gasteiger partial charge on any atom is -0.494 e. The van der Waals surface area contributed by atoms with Crippen LogP contribution in [0.1, 0.15) is 45.6 Å². The second-order valence-electron chi connectivity index (χ2n) is 8.83. The lowest BCUT2D eigenvalue weighted by atomic mass is 9.90. The van der Waals surface area contributed by atoms with Crippen molar-refractivity contribution in [2.45, 2.75) is 32.4 Å². The van der Waals surface area contributed by atoms with Crippen LogP contribution in [0.25, 0.3) is 10.9 Å². The lowest BCUT2D eigenvalue weighted by Crippen LogP contribution is -2.31. The van der Waals surface area contributed by atoms with Crippen LogP contribution in [0.15, 0.2) is 77.7 Å². The second-order valence-corrected chi connectivity index (χ2v) is 8.83. The van der Waals surface area contributed by atoms with Gasteiger partial charge in [-0.15, -0.1) is 0 Å². The minimum absolute atomic E-state index is 0.0883. The molecule has 0 saturated heterocycles. The van der Waals surface area contributed by atoms with E-state index in [1.807, 2.05) is 19.1 Å². The molecule has 6 heteroatoms. The van der Waals surface area contributed by atoms with Crippen LogP contribution in [0.5, 0.6) is 5.75 Å². The van der Waals surface area contributed by atoms with Gasteiger partial charge in [0.1, 0.15) is 11.3 Å². The van der Waals surface area contributed by atoms with Gasteiger partial charge in [0.05, 0.1) is 6.61 Å². The van der Waals surface area contributed by atoms with Crippen molar-refractivity contribution in [1.29, 1.82) is 0 Å². The van der Waals surface area contributed by atoms with Gasteiger partial charge in [-0.3, -0.25) is 9.59 Å². The molecule has 0 radical (unpaired) electrons. The number of benzene rings is 3. The van der Waals surface area contributed by atoms with Crippen LogP contribution < -0.4 is 20.8 Å². The summed E-state index contributed by atoms with van der Waals surface area (Å²) in [5.41, 5.74) is 5.42. The van der Waals surface area contributed by atoms with E-state index in [4.69, 9.17) is 4.74 Å². The van der Waals surface area contributed by atoms with Crippen LogP contribution in [0.3, 0.4) is 0 Å². The Bertz CT molecular complexity index is 1430. The van der Waals surface area contributed by atoms with Gasteiger partial charge in [0.2, 0.25) is 5.43 Å². The molecule has 3 N–H and O–H groups in total. The number of carbonyl (C=O) groups excluding carboxylic acids is 1. The molecule has 6 nitrogen and oxygen atoms in total. The highest BCUT2D eigenvalue weighted by molar-refractivity contribution is 5.97. The summed E-state index contributed by atoms with van der Waals surface area (Å²) in [6.45, 7) is 3.71. The molecule has 1 atom stereocenters. The average molecular weight is 468 g/mol. The van der Waals surface area contributed by atoms with Crippen LogP contribution in [0.2, 0.25) is 0 Å². The molecule has 0 bridgehead atoms. The molecular formula is C29H29N3O3. The number of nitrogens with one attached hydrogen (secondary N) is 3. The number of fused-ring (bicyclic) bond motifs is 2. The van der Waals surface area contributed by atoms with Gasteiger partial charge in [0, 0.05) is 29.7 Å². The topological polar surface area (TPSA) is 83.2 Å². The van der Waals surface area contributed by atoms with E-state index in [1.54, 1.807) is 18.2 Å². The smallest absolute Gasteiger partial charge is 0.257 e. The number of ether oxygens (including phenoxy) is 1. The Morgan fingerprint density at radius 1 is 1.06 bits per heavy atom. The highest BCUT2D eigenvalue weighted by Gasteiger charge is 2.19. The number of pyridine rings is 1. The summed E-state index contributed by atoms with van der Waals surface area (Å²) >= 11 is 0. The van der Waals surface area contributed by atoms with Crippen LogP contribution >= 0.6 is 0 Å². The fraction of sp³-hybridized carbons (Fsp3) is 0.241. The molecule has 5 rings (SSSR count). The first-order chi connectivity index (χ1) is 17.1. The molecule has 2 heterocycles. The molecule has 1 aliphatic rings. The van der Waals surface area contributed by atoms with Crippen molar-refractivity contribution in [3.63, 3.8) is 0 Å². The van der Waals surface area contributed by atoms with Gasteiger partial charge in [0.25, 0.3) is 5.91 Å². The van der Waals surface area contributed by atoms with Crippen molar-refractivity contribution >= 4 is 16.8 Å². The monoisotopic (exact) mass is 467 g/mol. The summed E-state index contributed by atoms with van der Waals surface area (Å²) < 4.78 is 5.50. The van der Waals surface area contributed by atoms with Gasteiger partial charge >= 0.3 is 0 Å². The standard InChI is InChI=1S/C29H29N3O3/c1-2-35-22-10-11-26-24(16-22)28(33)25(18-31-26)29(34)32-17-20-7-5-6-19(14-20)15-27-23-9-4-3-8-21(23)12-13-30-27/h3-11,14,16,18,27,30H,2,12-13,15,17H2,1H3,(H,31,33)(H,32,34). The van der Waals surface area contributed by atoms with Gasteiger partial charge in [-0.25, -0.2) is 0 Å². The number of hydrogen-bond acceptors (Lipinski definition) is 4. The van der Waals surface area contributed by atoms with Crippen molar-refractivity contribution in [1.82, 2.24) is 15.6 Å². The predicted octanol–water partition coefficient (Wildman–Crippen LogP) is 4.29. The molecule has 178 valence electrons. The number of rotatable bonds is 7. The normalized spacial score (nSPS) is 14.9. The third-order valence-electron chi connectivity index (χ3n) is 6.51. The summed E-state index contributed by atoms with van der Waals surface area (Å²) in [6.07, 6.45) is 3.41. The third-order valence-corrected chi connectivity index (χ3v) is 6.51. The van der Waals surface area contributed by atoms with Crippen LogP contribution in [0, 0.1) is 0 Å². The third kappa shape index (κ3) is 4.98. The van der Waals surface area contributed by atoms with Gasteiger partial charge in [0.15, 0.2) is 0 Å². The SMILES string of the molecule is CCOc1ccc2[nH]cc(C(=O)NCc3cccc(CC4NCCc5ccccc54)c3)c(=O)c2c1. The highest BCUT2D eigenvalue weighted by Crippen LogP contribution is 2.26. The molecule has 0 fully saturated rings. The van der Waals surface area contributed by atoms with E-state index in [2.05, 4.69) is 52.0 Å². The summed E-state index contributed by atoms with van der Waals surface area (Å²) in [4.78, 5) is 28.9. The van der Waals surface area contributed by atoms with Crippen molar-refractivity contribution in [3.8, 4) is 5.75 Å². The number of amides is 1. The maximum Gasteiger partial charge on any atom is 0.257 e. The fourth-order valence-corrected chi connectivity index (χ4v) is 4.78. The maximum atomic E-state index is 13.0. The molecule has 0 saturated carbocycles. The van der Waals surface area contributed by atoms with E-state index >= 15 is 0 Å². The summed E-state index contributed by atoms with van der Waals surface area (Å²) in [7, 11) is 0. The molecule has 3 aromatic carbocycles. The van der Waals surface area contributed by atoms with Gasteiger partial charge in [-0.1, -0.05) is 48.5 Å². The van der Waals surface area contributed by atoms with E-state index in [1.165, 1.54) is 22.9 Å². The average Bonchev–Trinajstić information content (AvgIpc) is 2.88. The number of aromatic amines is 1. The molecule has 1 amide bonds. The lowest BCUT2D eigenvalue weighted by molar-refractivity contribution is 0.0949. The van der Waals surface area contributed by atoms with Gasteiger partial charge in [-0.2, -0.15) is 0 Å². The zero-order chi connectivity index (χ0) is 24.2. The van der Waals surface area contributed by atoms with Crippen LogP contribution in [-0.4, -0.2) is 24.0 Å². The van der Waals surface area contributed by atoms with E-state index in [9.17, 15) is 9.59 Å². The minimum atomic E-state index is -0.400.